The SMILES string of the molecule is Cc1ccccc1C1NCC(=O)N1CC1CCC(C)CC1. The highest BCUT2D eigenvalue weighted by Gasteiger charge is 2.34. The van der Waals surface area contributed by atoms with Gasteiger partial charge in [-0.05, 0) is 42.7 Å². The van der Waals surface area contributed by atoms with Gasteiger partial charge in [-0.2, -0.15) is 0 Å². The molecular weight excluding hydrogens is 260 g/mol. The molecule has 21 heavy (non-hydrogen) atoms. The first-order valence-electron chi connectivity index (χ1n) is 8.23. The Morgan fingerprint density at radius 3 is 2.62 bits per heavy atom. The highest BCUT2D eigenvalue weighted by molar-refractivity contribution is 5.81. The van der Waals surface area contributed by atoms with Crippen molar-refractivity contribution in [1.82, 2.24) is 10.2 Å². The lowest BCUT2D eigenvalue weighted by Crippen LogP contribution is -2.36. The molecule has 1 aromatic rings. The van der Waals surface area contributed by atoms with E-state index in [-0.39, 0.29) is 12.1 Å². The Kier molecular flexibility index (Phi) is 4.29. The van der Waals surface area contributed by atoms with Crippen molar-refractivity contribution in [2.24, 2.45) is 11.8 Å². The molecule has 1 aliphatic carbocycles. The Morgan fingerprint density at radius 2 is 1.90 bits per heavy atom. The summed E-state index contributed by atoms with van der Waals surface area (Å²) in [4.78, 5) is 14.3. The summed E-state index contributed by atoms with van der Waals surface area (Å²) in [5, 5.41) is 3.39. The molecule has 0 bridgehead atoms. The second-order valence-electron chi connectivity index (χ2n) is 6.81. The summed E-state index contributed by atoms with van der Waals surface area (Å²) in [5.74, 6) is 1.79. The second kappa shape index (κ2) is 6.18. The molecule has 1 atom stereocenters. The molecule has 0 radical (unpaired) electrons. The maximum Gasteiger partial charge on any atom is 0.238 e. The minimum atomic E-state index is 0.0676. The van der Waals surface area contributed by atoms with Crippen LogP contribution < -0.4 is 5.32 Å². The maximum atomic E-state index is 12.3. The van der Waals surface area contributed by atoms with Gasteiger partial charge in [0.15, 0.2) is 0 Å². The van der Waals surface area contributed by atoms with Crippen LogP contribution in [-0.2, 0) is 4.79 Å². The monoisotopic (exact) mass is 286 g/mol. The predicted molar refractivity (Wildman–Crippen MR) is 84.8 cm³/mol. The lowest BCUT2D eigenvalue weighted by Gasteiger charge is -2.33. The van der Waals surface area contributed by atoms with Crippen molar-refractivity contribution in [3.05, 3.63) is 35.4 Å². The smallest absolute Gasteiger partial charge is 0.238 e. The van der Waals surface area contributed by atoms with Gasteiger partial charge in [0.05, 0.1) is 6.54 Å². The number of nitrogens with zero attached hydrogens (tertiary/aromatic N) is 1. The molecule has 1 amide bonds. The number of hydrogen-bond acceptors (Lipinski definition) is 2. The fourth-order valence-corrected chi connectivity index (χ4v) is 3.71. The fourth-order valence-electron chi connectivity index (χ4n) is 3.71. The van der Waals surface area contributed by atoms with Crippen molar-refractivity contribution >= 4 is 5.91 Å². The second-order valence-corrected chi connectivity index (χ2v) is 6.81. The van der Waals surface area contributed by atoms with Crippen LogP contribution in [-0.4, -0.2) is 23.9 Å². The number of benzene rings is 1. The van der Waals surface area contributed by atoms with Crippen LogP contribution in [0, 0.1) is 18.8 Å². The molecule has 1 unspecified atom stereocenters. The molecule has 114 valence electrons. The molecule has 1 N–H and O–H groups in total. The maximum absolute atomic E-state index is 12.3. The van der Waals surface area contributed by atoms with Crippen molar-refractivity contribution in [3.63, 3.8) is 0 Å². The molecule has 1 aromatic carbocycles. The van der Waals surface area contributed by atoms with Crippen LogP contribution >= 0.6 is 0 Å². The zero-order chi connectivity index (χ0) is 14.8. The molecule has 2 fully saturated rings. The number of rotatable bonds is 3. The molecule has 0 aromatic heterocycles. The van der Waals surface area contributed by atoms with Gasteiger partial charge in [-0.25, -0.2) is 0 Å². The lowest BCUT2D eigenvalue weighted by molar-refractivity contribution is -0.128. The van der Waals surface area contributed by atoms with E-state index in [4.69, 9.17) is 0 Å². The van der Waals surface area contributed by atoms with Crippen LogP contribution in [0.1, 0.15) is 49.9 Å². The van der Waals surface area contributed by atoms with Crippen LogP contribution in [0.2, 0.25) is 0 Å². The summed E-state index contributed by atoms with van der Waals surface area (Å²) in [6.07, 6.45) is 5.24. The van der Waals surface area contributed by atoms with Gasteiger partial charge in [0.2, 0.25) is 5.91 Å². The normalized spacial score (nSPS) is 29.9. The summed E-state index contributed by atoms with van der Waals surface area (Å²) in [6.45, 7) is 5.86. The quantitative estimate of drug-likeness (QED) is 0.925. The van der Waals surface area contributed by atoms with Gasteiger partial charge in [0.1, 0.15) is 6.17 Å². The molecule has 1 saturated carbocycles. The Morgan fingerprint density at radius 1 is 1.19 bits per heavy atom. The van der Waals surface area contributed by atoms with Crippen LogP contribution in [0.15, 0.2) is 24.3 Å². The largest absolute Gasteiger partial charge is 0.322 e. The standard InChI is InChI=1S/C18H26N2O/c1-13-7-9-15(10-8-13)12-20-17(21)11-19-18(20)16-6-4-3-5-14(16)2/h3-6,13,15,18-19H,7-12H2,1-2H3. The van der Waals surface area contributed by atoms with E-state index in [0.29, 0.717) is 12.5 Å². The highest BCUT2D eigenvalue weighted by Crippen LogP contribution is 2.32. The van der Waals surface area contributed by atoms with Gasteiger partial charge in [0, 0.05) is 6.54 Å². The van der Waals surface area contributed by atoms with E-state index in [0.717, 1.165) is 12.5 Å². The molecule has 2 aliphatic rings. The van der Waals surface area contributed by atoms with E-state index < -0.39 is 0 Å². The Hall–Kier alpha value is -1.35. The lowest BCUT2D eigenvalue weighted by atomic mass is 9.82. The summed E-state index contributed by atoms with van der Waals surface area (Å²) < 4.78 is 0. The zero-order valence-electron chi connectivity index (χ0n) is 13.1. The van der Waals surface area contributed by atoms with Crippen molar-refractivity contribution in [2.75, 3.05) is 13.1 Å². The first-order chi connectivity index (χ1) is 10.1. The summed E-state index contributed by atoms with van der Waals surface area (Å²) in [7, 11) is 0. The zero-order valence-corrected chi connectivity index (χ0v) is 13.1. The van der Waals surface area contributed by atoms with Gasteiger partial charge in [0.25, 0.3) is 0 Å². The third-order valence-electron chi connectivity index (χ3n) is 5.15. The van der Waals surface area contributed by atoms with E-state index in [1.165, 1.54) is 36.8 Å². The number of hydrogen-bond donors (Lipinski definition) is 1. The molecule has 0 spiro atoms. The van der Waals surface area contributed by atoms with Crippen LogP contribution in [0.4, 0.5) is 0 Å². The van der Waals surface area contributed by atoms with Crippen LogP contribution in [0.5, 0.6) is 0 Å². The van der Waals surface area contributed by atoms with E-state index in [2.05, 4.69) is 48.3 Å². The van der Waals surface area contributed by atoms with Gasteiger partial charge in [-0.15, -0.1) is 0 Å². The van der Waals surface area contributed by atoms with E-state index in [1.807, 2.05) is 0 Å². The number of aryl methyl sites for hydroxylation is 1. The minimum absolute atomic E-state index is 0.0676. The number of nitrogens with one attached hydrogen (secondary N) is 1. The Labute approximate surface area is 127 Å². The van der Waals surface area contributed by atoms with Crippen LogP contribution in [0.25, 0.3) is 0 Å². The topological polar surface area (TPSA) is 32.3 Å². The molecule has 1 aliphatic heterocycles. The number of carbonyl (C=O) groups is 1. The first kappa shape index (κ1) is 14.6. The Bertz CT molecular complexity index is 506. The van der Waals surface area contributed by atoms with E-state index >= 15 is 0 Å². The average molecular weight is 286 g/mol. The first-order valence-corrected chi connectivity index (χ1v) is 8.23. The number of amides is 1. The fraction of sp³-hybridized carbons (Fsp3) is 0.611. The number of carbonyl (C=O) groups excluding carboxylic acids is 1. The van der Waals surface area contributed by atoms with Crippen LogP contribution in [0.3, 0.4) is 0 Å². The van der Waals surface area contributed by atoms with Gasteiger partial charge in [-0.1, -0.05) is 44.0 Å². The molecule has 3 nitrogen and oxygen atoms in total. The highest BCUT2D eigenvalue weighted by atomic mass is 16.2. The molecule has 3 rings (SSSR count). The van der Waals surface area contributed by atoms with Crippen molar-refractivity contribution < 1.29 is 4.79 Å². The molecule has 1 saturated heterocycles. The van der Waals surface area contributed by atoms with Gasteiger partial charge in [-0.3, -0.25) is 10.1 Å². The third kappa shape index (κ3) is 3.13. The summed E-state index contributed by atoms with van der Waals surface area (Å²) in [6, 6.07) is 8.39. The molecule has 3 heteroatoms. The average Bonchev–Trinajstić information content (AvgIpc) is 2.83. The minimum Gasteiger partial charge on any atom is -0.322 e. The van der Waals surface area contributed by atoms with Crippen molar-refractivity contribution in [3.8, 4) is 0 Å². The van der Waals surface area contributed by atoms with Crippen molar-refractivity contribution in [1.29, 1.82) is 0 Å². The van der Waals surface area contributed by atoms with Gasteiger partial charge >= 0.3 is 0 Å². The predicted octanol–water partition coefficient (Wildman–Crippen LogP) is 3.25. The molecular formula is C18H26N2O. The third-order valence-corrected chi connectivity index (χ3v) is 5.15. The van der Waals surface area contributed by atoms with Gasteiger partial charge < -0.3 is 4.90 Å². The van der Waals surface area contributed by atoms with E-state index in [9.17, 15) is 4.79 Å². The van der Waals surface area contributed by atoms with Crippen molar-refractivity contribution in [2.45, 2.75) is 45.7 Å². The molecule has 1 heterocycles. The van der Waals surface area contributed by atoms with E-state index in [1.54, 1.807) is 0 Å². The summed E-state index contributed by atoms with van der Waals surface area (Å²) in [5.41, 5.74) is 2.50. The Balaban J connectivity index is 1.73. The summed E-state index contributed by atoms with van der Waals surface area (Å²) >= 11 is 0.